The van der Waals surface area contributed by atoms with E-state index in [2.05, 4.69) is 27.7 Å². The summed E-state index contributed by atoms with van der Waals surface area (Å²) in [4.78, 5) is 43.1. The number of benzene rings is 2. The number of ether oxygens (including phenoxy) is 1. The number of carbonyl (C=O) groups excluding carboxylic acids is 2. The van der Waals surface area contributed by atoms with Crippen LogP contribution in [0.25, 0.3) is 0 Å². The summed E-state index contributed by atoms with van der Waals surface area (Å²) in [5.41, 5.74) is 1.46. The molecule has 42 heavy (non-hydrogen) atoms. The molecule has 3 N–H and O–H groups in total. The van der Waals surface area contributed by atoms with Gasteiger partial charge >= 0.3 is 6.09 Å². The van der Waals surface area contributed by atoms with Gasteiger partial charge in [0, 0.05) is 31.7 Å². The molecule has 11 heteroatoms. The Kier molecular flexibility index (Phi) is 10.8. The van der Waals surface area contributed by atoms with E-state index in [1.807, 2.05) is 39.0 Å². The quantitative estimate of drug-likeness (QED) is 0.355. The summed E-state index contributed by atoms with van der Waals surface area (Å²) in [6.07, 6.45) is 1.54. The van der Waals surface area contributed by atoms with Crippen LogP contribution in [-0.2, 0) is 27.3 Å². The summed E-state index contributed by atoms with van der Waals surface area (Å²) in [5, 5.41) is 15.7. The summed E-state index contributed by atoms with van der Waals surface area (Å²) in [7, 11) is 0. The van der Waals surface area contributed by atoms with Crippen LogP contribution in [0.15, 0.2) is 48.5 Å². The average molecular weight is 620 g/mol. The van der Waals surface area contributed by atoms with Crippen LogP contribution in [0.4, 0.5) is 4.79 Å². The van der Waals surface area contributed by atoms with Crippen molar-refractivity contribution >= 4 is 41.1 Å². The average Bonchev–Trinajstić information content (AvgIpc) is 3.29. The number of fused-ring (bicyclic) bond motifs is 1. The maximum atomic E-state index is 14.1. The normalized spacial score (nSPS) is 21.9. The summed E-state index contributed by atoms with van der Waals surface area (Å²) < 4.78 is 6.06. The van der Waals surface area contributed by atoms with Gasteiger partial charge in [0.15, 0.2) is 0 Å². The topological polar surface area (TPSA) is 111 Å². The first-order chi connectivity index (χ1) is 19.9. The Labute approximate surface area is 257 Å². The number of hydrogen-bond donors (Lipinski definition) is 3. The molecule has 2 unspecified atom stereocenters. The molecule has 2 saturated heterocycles. The first-order valence-corrected chi connectivity index (χ1v) is 15.1. The number of rotatable bonds is 10. The van der Waals surface area contributed by atoms with E-state index in [1.54, 1.807) is 23.1 Å². The van der Waals surface area contributed by atoms with Crippen molar-refractivity contribution in [1.82, 2.24) is 20.4 Å². The Hall–Kier alpha value is -2.85. The van der Waals surface area contributed by atoms with Crippen molar-refractivity contribution in [3.8, 4) is 0 Å². The molecule has 2 aromatic carbocycles. The van der Waals surface area contributed by atoms with Gasteiger partial charge in [-0.3, -0.25) is 14.5 Å². The summed E-state index contributed by atoms with van der Waals surface area (Å²) in [5.74, 6) is -0.509. The van der Waals surface area contributed by atoms with E-state index in [0.29, 0.717) is 36.0 Å². The minimum absolute atomic E-state index is 0.0284. The predicted octanol–water partition coefficient (Wildman–Crippen LogP) is 4.74. The monoisotopic (exact) mass is 618 g/mol. The largest absolute Gasteiger partial charge is 0.465 e. The van der Waals surface area contributed by atoms with E-state index < -0.39 is 23.8 Å². The number of nitrogens with zero attached hydrogens (tertiary/aromatic N) is 2. The zero-order valence-electron chi connectivity index (χ0n) is 24.3. The van der Waals surface area contributed by atoms with Crippen LogP contribution in [0, 0.1) is 0 Å². The fourth-order valence-electron chi connectivity index (χ4n) is 5.73. The minimum atomic E-state index is -1.11. The van der Waals surface area contributed by atoms with Crippen LogP contribution in [0.2, 0.25) is 10.0 Å². The number of halogens is 2. The van der Waals surface area contributed by atoms with Gasteiger partial charge in [0.1, 0.15) is 6.04 Å². The Morgan fingerprint density at radius 2 is 1.83 bits per heavy atom. The third-order valence-corrected chi connectivity index (χ3v) is 8.56. The van der Waals surface area contributed by atoms with Gasteiger partial charge in [-0.25, -0.2) is 4.79 Å². The summed E-state index contributed by atoms with van der Waals surface area (Å²) >= 11 is 12.2. The molecule has 2 aliphatic rings. The molecule has 2 fully saturated rings. The van der Waals surface area contributed by atoms with E-state index in [4.69, 9.17) is 27.9 Å². The highest BCUT2D eigenvalue weighted by molar-refractivity contribution is 6.42. The molecule has 0 saturated carbocycles. The second kappa shape index (κ2) is 14.1. The fourth-order valence-corrected chi connectivity index (χ4v) is 6.05. The highest BCUT2D eigenvalue weighted by atomic mass is 35.5. The van der Waals surface area contributed by atoms with Gasteiger partial charge < -0.3 is 25.4 Å². The van der Waals surface area contributed by atoms with Crippen molar-refractivity contribution in [2.24, 2.45) is 0 Å². The highest BCUT2D eigenvalue weighted by Gasteiger charge is 2.47. The zero-order chi connectivity index (χ0) is 30.4. The minimum Gasteiger partial charge on any atom is -0.465 e. The molecule has 0 aliphatic carbocycles. The first kappa shape index (κ1) is 32.1. The van der Waals surface area contributed by atoms with Crippen LogP contribution in [0.5, 0.6) is 0 Å². The molecule has 3 amide bonds. The SMILES string of the molecule is CC(C)(C)OCC(C(=O)NCc1ccc(Cl)c(Cl)c1)N1CCC(CCc2ccccc2)N2C[C@H](NC(=O)O)C[C@H]2C1=O. The van der Waals surface area contributed by atoms with Crippen molar-refractivity contribution in [1.29, 1.82) is 0 Å². The Bertz CT molecular complexity index is 1260. The molecule has 2 heterocycles. The smallest absolute Gasteiger partial charge is 0.404 e. The lowest BCUT2D eigenvalue weighted by atomic mass is 10.0. The molecule has 4 rings (SSSR count). The van der Waals surface area contributed by atoms with E-state index in [-0.39, 0.29) is 37.0 Å². The van der Waals surface area contributed by atoms with Crippen molar-refractivity contribution in [2.75, 3.05) is 19.7 Å². The molecule has 0 radical (unpaired) electrons. The number of carboxylic acid groups (broad SMARTS) is 1. The van der Waals surface area contributed by atoms with Gasteiger partial charge in [0.2, 0.25) is 11.8 Å². The van der Waals surface area contributed by atoms with E-state index >= 15 is 0 Å². The van der Waals surface area contributed by atoms with Gasteiger partial charge in [0.05, 0.1) is 28.3 Å². The van der Waals surface area contributed by atoms with Crippen molar-refractivity contribution in [3.63, 3.8) is 0 Å². The fraction of sp³-hybridized carbons (Fsp3) is 0.516. The molecule has 228 valence electrons. The van der Waals surface area contributed by atoms with E-state index in [1.165, 1.54) is 5.56 Å². The number of aryl methyl sites for hydroxylation is 1. The molecule has 0 spiro atoms. The number of nitrogens with one attached hydrogen (secondary N) is 2. The van der Waals surface area contributed by atoms with Crippen LogP contribution >= 0.6 is 23.2 Å². The number of carbonyl (C=O) groups is 3. The molecular formula is C31H40Cl2N4O5. The Morgan fingerprint density at radius 3 is 2.50 bits per heavy atom. The molecule has 4 atom stereocenters. The second-order valence-corrected chi connectivity index (χ2v) is 12.8. The molecule has 0 bridgehead atoms. The van der Waals surface area contributed by atoms with Gasteiger partial charge in [0.25, 0.3) is 0 Å². The van der Waals surface area contributed by atoms with Crippen LogP contribution < -0.4 is 10.6 Å². The maximum Gasteiger partial charge on any atom is 0.404 e. The van der Waals surface area contributed by atoms with Crippen LogP contribution in [0.1, 0.15) is 51.2 Å². The molecule has 9 nitrogen and oxygen atoms in total. The van der Waals surface area contributed by atoms with Crippen LogP contribution in [-0.4, -0.2) is 82.3 Å². The number of amides is 3. The van der Waals surface area contributed by atoms with Crippen molar-refractivity contribution in [3.05, 3.63) is 69.7 Å². The molecular weight excluding hydrogens is 579 g/mol. The lowest BCUT2D eigenvalue weighted by Crippen LogP contribution is -2.55. The lowest BCUT2D eigenvalue weighted by molar-refractivity contribution is -0.147. The predicted molar refractivity (Wildman–Crippen MR) is 163 cm³/mol. The third-order valence-electron chi connectivity index (χ3n) is 7.82. The van der Waals surface area contributed by atoms with Gasteiger partial charge in [-0.15, -0.1) is 0 Å². The zero-order valence-corrected chi connectivity index (χ0v) is 25.8. The first-order valence-electron chi connectivity index (χ1n) is 14.4. The Morgan fingerprint density at radius 1 is 1.10 bits per heavy atom. The van der Waals surface area contributed by atoms with Gasteiger partial charge in [-0.05, 0) is 69.7 Å². The van der Waals surface area contributed by atoms with Gasteiger partial charge in [-0.1, -0.05) is 59.6 Å². The lowest BCUT2D eigenvalue weighted by Gasteiger charge is -2.33. The third kappa shape index (κ3) is 8.60. The summed E-state index contributed by atoms with van der Waals surface area (Å²) in [6, 6.07) is 13.6. The Balaban J connectivity index is 1.56. The molecule has 2 aromatic rings. The van der Waals surface area contributed by atoms with Crippen molar-refractivity contribution < 1.29 is 24.2 Å². The van der Waals surface area contributed by atoms with Crippen molar-refractivity contribution in [2.45, 2.75) is 82.8 Å². The number of hydrogen-bond acceptors (Lipinski definition) is 5. The molecule has 2 aliphatic heterocycles. The van der Waals surface area contributed by atoms with E-state index in [9.17, 15) is 19.5 Å². The second-order valence-electron chi connectivity index (χ2n) is 12.0. The maximum absolute atomic E-state index is 14.1. The van der Waals surface area contributed by atoms with Crippen LogP contribution in [0.3, 0.4) is 0 Å². The van der Waals surface area contributed by atoms with Gasteiger partial charge in [-0.2, -0.15) is 0 Å². The van der Waals surface area contributed by atoms with E-state index in [0.717, 1.165) is 18.4 Å². The molecule has 0 aromatic heterocycles. The standard InChI is InChI=1S/C31H40Cl2N4O5/c1-31(2,3)42-19-27(28(38)34-17-21-10-12-24(32)25(33)15-21)36-14-13-23(11-9-20-7-5-4-6-8-20)37-18-22(35-30(40)41)16-26(37)29(36)39/h4-8,10,12,15,22-23,26-27,35H,9,11,13-14,16-19H2,1-3H3,(H,34,38)(H,40,41)/t22-,23?,26+,27?/m1/s1. The summed E-state index contributed by atoms with van der Waals surface area (Å²) in [6.45, 7) is 6.79. The highest BCUT2D eigenvalue weighted by Crippen LogP contribution is 2.31.